The molecule has 0 saturated carbocycles. The first kappa shape index (κ1) is 61.2. The summed E-state index contributed by atoms with van der Waals surface area (Å²) in [6.07, 6.45) is 0.604. The molecule has 0 aliphatic carbocycles. The number of hydrogen-bond acceptors (Lipinski definition) is 8. The molecule has 314 valence electrons. The summed E-state index contributed by atoms with van der Waals surface area (Å²) in [5.74, 6) is 0.385. The maximum absolute atomic E-state index is 11.3. The maximum atomic E-state index is 11.3. The SMILES string of the molecule is CC(=O)N(C)C.CC(=O)N(C)C.CCC(=O)N(C)C.CN(C)C(=O)c1ccccc1.CNC(=O)c1ccccc1.CNC(C)=O.CNC(C)=O.CNC(C)=O. The van der Waals surface area contributed by atoms with Crippen LogP contribution in [0, 0.1) is 0 Å². The number of rotatable bonds is 3. The van der Waals surface area contributed by atoms with E-state index in [9.17, 15) is 38.4 Å². The van der Waals surface area contributed by atoms with E-state index in [-0.39, 0.29) is 47.3 Å². The molecule has 0 spiro atoms. The molecule has 0 fully saturated rings. The summed E-state index contributed by atoms with van der Waals surface area (Å²) in [4.78, 5) is 88.1. The monoisotopic (exact) mass is 779 g/mol. The summed E-state index contributed by atoms with van der Waals surface area (Å²) < 4.78 is 0. The lowest BCUT2D eigenvalue weighted by Crippen LogP contribution is -2.21. The average Bonchev–Trinajstić information content (AvgIpc) is 3.15. The molecule has 4 N–H and O–H groups in total. The van der Waals surface area contributed by atoms with Crippen molar-refractivity contribution in [2.45, 2.75) is 48.0 Å². The van der Waals surface area contributed by atoms with Crippen molar-refractivity contribution in [2.75, 3.05) is 84.6 Å². The molecule has 0 radical (unpaired) electrons. The zero-order valence-corrected chi connectivity index (χ0v) is 36.5. The molecule has 2 rings (SSSR count). The number of amides is 8. The Bertz CT molecular complexity index is 1280. The van der Waals surface area contributed by atoms with Crippen LogP contribution in [-0.4, -0.2) is 151 Å². The van der Waals surface area contributed by atoms with Crippen LogP contribution >= 0.6 is 0 Å². The fraction of sp³-hybridized carbons (Fsp3) is 0.487. The topological polar surface area (TPSA) is 198 Å². The average molecular weight is 779 g/mol. The lowest BCUT2D eigenvalue weighted by molar-refractivity contribution is -0.128. The maximum Gasteiger partial charge on any atom is 0.253 e. The van der Waals surface area contributed by atoms with E-state index < -0.39 is 0 Å². The van der Waals surface area contributed by atoms with Crippen LogP contribution in [0.15, 0.2) is 60.7 Å². The van der Waals surface area contributed by atoms with E-state index in [2.05, 4.69) is 21.3 Å². The van der Waals surface area contributed by atoms with Gasteiger partial charge in [-0.3, -0.25) is 38.4 Å². The summed E-state index contributed by atoms with van der Waals surface area (Å²) in [5.41, 5.74) is 1.43. The first-order valence-corrected chi connectivity index (χ1v) is 17.0. The van der Waals surface area contributed by atoms with Crippen LogP contribution in [0.5, 0.6) is 0 Å². The van der Waals surface area contributed by atoms with Crippen LogP contribution in [0.3, 0.4) is 0 Å². The third kappa shape index (κ3) is 52.7. The molecule has 0 aliphatic heterocycles. The van der Waals surface area contributed by atoms with Crippen molar-refractivity contribution in [3.63, 3.8) is 0 Å². The number of nitrogens with zero attached hydrogens (tertiary/aromatic N) is 4. The molecule has 16 nitrogen and oxygen atoms in total. The van der Waals surface area contributed by atoms with E-state index in [1.807, 2.05) is 55.5 Å². The minimum atomic E-state index is -0.0411. The second-order valence-corrected chi connectivity index (χ2v) is 11.4. The zero-order valence-electron chi connectivity index (χ0n) is 36.5. The fourth-order valence-corrected chi connectivity index (χ4v) is 1.89. The smallest absolute Gasteiger partial charge is 0.253 e. The van der Waals surface area contributed by atoms with Crippen molar-refractivity contribution >= 4 is 47.3 Å². The second-order valence-electron chi connectivity index (χ2n) is 11.4. The van der Waals surface area contributed by atoms with Crippen LogP contribution in [0.25, 0.3) is 0 Å². The van der Waals surface area contributed by atoms with Crippen LogP contribution in [0.1, 0.15) is 68.7 Å². The normalized spacial score (nSPS) is 8.11. The van der Waals surface area contributed by atoms with Gasteiger partial charge in [0, 0.05) is 137 Å². The standard InChI is InChI=1S/C9H11NO.C8H9NO.C5H11NO.2C4H9NO.3C3H7NO/c1-10(2)9(11)8-6-4-3-5-7-8;1-9-8(10)7-5-3-2-4-6-7;1-4-5(7)6(2)3;2*1-4(6)5(2)3;3*1-3(5)4-2/h3-7H,1-2H3;2-6H,1H3,(H,9,10);4H2,1-3H3;2*1-3H3;3*1-2H3,(H,4,5). The molecule has 0 atom stereocenters. The van der Waals surface area contributed by atoms with Crippen LogP contribution in [0.4, 0.5) is 0 Å². The van der Waals surface area contributed by atoms with E-state index in [0.717, 1.165) is 5.56 Å². The first-order chi connectivity index (χ1) is 25.3. The van der Waals surface area contributed by atoms with E-state index >= 15 is 0 Å². The molecule has 2 aromatic rings. The van der Waals surface area contributed by atoms with Gasteiger partial charge in [-0.1, -0.05) is 43.3 Å². The fourth-order valence-electron chi connectivity index (χ4n) is 1.89. The number of carbonyl (C=O) groups is 8. The molecule has 0 saturated heterocycles. The van der Waals surface area contributed by atoms with Gasteiger partial charge >= 0.3 is 0 Å². The Hall–Kier alpha value is -5.80. The van der Waals surface area contributed by atoms with Crippen LogP contribution in [-0.2, 0) is 28.8 Å². The molecule has 0 aliphatic rings. The van der Waals surface area contributed by atoms with Crippen molar-refractivity contribution in [1.29, 1.82) is 0 Å². The summed E-state index contributed by atoms with van der Waals surface area (Å²) in [6.45, 7) is 9.32. The highest BCUT2D eigenvalue weighted by Gasteiger charge is 2.04. The van der Waals surface area contributed by atoms with Gasteiger partial charge in [0.1, 0.15) is 0 Å². The molecular weight excluding hydrogens is 708 g/mol. The number of hydrogen-bond donors (Lipinski definition) is 4. The van der Waals surface area contributed by atoms with E-state index in [1.54, 1.807) is 107 Å². The van der Waals surface area contributed by atoms with Gasteiger partial charge in [-0.05, 0) is 24.3 Å². The zero-order chi connectivity index (χ0) is 44.7. The predicted octanol–water partition coefficient (Wildman–Crippen LogP) is 2.37. The summed E-state index contributed by atoms with van der Waals surface area (Å²) >= 11 is 0. The molecule has 0 heterocycles. The van der Waals surface area contributed by atoms with Crippen molar-refractivity contribution < 1.29 is 38.4 Å². The highest BCUT2D eigenvalue weighted by Crippen LogP contribution is 2.00. The van der Waals surface area contributed by atoms with Gasteiger partial charge in [0.25, 0.3) is 11.8 Å². The van der Waals surface area contributed by atoms with Gasteiger partial charge in [-0.15, -0.1) is 0 Å². The van der Waals surface area contributed by atoms with Crippen molar-refractivity contribution in [3.05, 3.63) is 71.8 Å². The molecule has 8 amide bonds. The third-order valence-electron chi connectivity index (χ3n) is 5.81. The summed E-state index contributed by atoms with van der Waals surface area (Å²) in [6, 6.07) is 18.3. The highest BCUT2D eigenvalue weighted by atomic mass is 16.2. The number of benzene rings is 2. The Morgan fingerprint density at radius 3 is 0.836 bits per heavy atom. The van der Waals surface area contributed by atoms with Gasteiger partial charge in [0.05, 0.1) is 0 Å². The Morgan fingerprint density at radius 1 is 0.436 bits per heavy atom. The van der Waals surface area contributed by atoms with Crippen molar-refractivity contribution in [3.8, 4) is 0 Å². The Kier molecular flexibility index (Phi) is 45.6. The van der Waals surface area contributed by atoms with Crippen LogP contribution < -0.4 is 21.3 Å². The Morgan fingerprint density at radius 2 is 0.691 bits per heavy atom. The minimum Gasteiger partial charge on any atom is -0.359 e. The third-order valence-corrected chi connectivity index (χ3v) is 5.81. The highest BCUT2D eigenvalue weighted by molar-refractivity contribution is 5.94. The lowest BCUT2D eigenvalue weighted by atomic mass is 10.2. The van der Waals surface area contributed by atoms with Gasteiger partial charge in [-0.25, -0.2) is 0 Å². The number of nitrogens with one attached hydrogen (secondary N) is 4. The van der Waals surface area contributed by atoms with Gasteiger partial charge < -0.3 is 40.9 Å². The summed E-state index contributed by atoms with van der Waals surface area (Å²) in [5, 5.41) is 9.71. The van der Waals surface area contributed by atoms with E-state index in [1.165, 1.54) is 44.4 Å². The van der Waals surface area contributed by atoms with Crippen molar-refractivity contribution in [2.24, 2.45) is 0 Å². The molecular formula is C39H70N8O8. The predicted molar refractivity (Wildman–Crippen MR) is 221 cm³/mol. The Balaban J connectivity index is -0.000000128. The molecule has 16 heteroatoms. The van der Waals surface area contributed by atoms with Crippen LogP contribution in [0.2, 0.25) is 0 Å². The Labute approximate surface area is 330 Å². The molecule has 0 unspecified atom stereocenters. The van der Waals surface area contributed by atoms with Gasteiger partial charge in [0.2, 0.25) is 35.4 Å². The molecule has 55 heavy (non-hydrogen) atoms. The molecule has 2 aromatic carbocycles. The van der Waals surface area contributed by atoms with Crippen molar-refractivity contribution in [1.82, 2.24) is 40.9 Å². The number of carbonyl (C=O) groups excluding carboxylic acids is 8. The van der Waals surface area contributed by atoms with Gasteiger partial charge in [-0.2, -0.15) is 0 Å². The summed E-state index contributed by atoms with van der Waals surface area (Å²) in [7, 11) is 20.3. The second kappa shape index (κ2) is 41.0. The quantitative estimate of drug-likeness (QED) is 0.364. The van der Waals surface area contributed by atoms with E-state index in [4.69, 9.17) is 0 Å². The lowest BCUT2D eigenvalue weighted by Gasteiger charge is -2.08. The minimum absolute atomic E-state index is 0.00463. The molecule has 0 aromatic heterocycles. The van der Waals surface area contributed by atoms with E-state index in [0.29, 0.717) is 12.0 Å². The van der Waals surface area contributed by atoms with Gasteiger partial charge in [0.15, 0.2) is 0 Å². The first-order valence-electron chi connectivity index (χ1n) is 17.0. The largest absolute Gasteiger partial charge is 0.359 e. The molecule has 0 bridgehead atoms.